The lowest BCUT2D eigenvalue weighted by molar-refractivity contribution is 0.101. The van der Waals surface area contributed by atoms with Crippen LogP contribution >= 0.6 is 0 Å². The first kappa shape index (κ1) is 19.7. The van der Waals surface area contributed by atoms with Gasteiger partial charge in [-0.3, -0.25) is 9.48 Å². The van der Waals surface area contributed by atoms with Crippen molar-refractivity contribution in [2.24, 2.45) is 7.05 Å². The summed E-state index contributed by atoms with van der Waals surface area (Å²) in [6.07, 6.45) is 0.651. The number of rotatable bonds is 3. The van der Waals surface area contributed by atoms with E-state index in [0.29, 0.717) is 30.9 Å². The quantitative estimate of drug-likeness (QED) is 0.697. The van der Waals surface area contributed by atoms with Gasteiger partial charge in [-0.1, -0.05) is 35.9 Å². The number of anilines is 2. The zero-order valence-corrected chi connectivity index (χ0v) is 17.4. The maximum absolute atomic E-state index is 12.9. The minimum atomic E-state index is -0.269. The number of nitrogens with zero attached hydrogens (tertiary/aromatic N) is 3. The number of para-hydroxylation sites is 1. The van der Waals surface area contributed by atoms with Crippen LogP contribution in [0.4, 0.5) is 16.2 Å². The predicted octanol–water partition coefficient (Wildman–Crippen LogP) is 3.88. The minimum Gasteiger partial charge on any atom is -0.321 e. The smallest absolute Gasteiger partial charge is 0.321 e. The molecule has 0 saturated heterocycles. The van der Waals surface area contributed by atoms with E-state index in [1.807, 2.05) is 69.4 Å². The van der Waals surface area contributed by atoms with Gasteiger partial charge in [-0.2, -0.15) is 5.10 Å². The van der Waals surface area contributed by atoms with Gasteiger partial charge in [0.25, 0.3) is 5.91 Å². The van der Waals surface area contributed by atoms with E-state index in [4.69, 9.17) is 0 Å². The summed E-state index contributed by atoms with van der Waals surface area (Å²) in [7, 11) is 1.84. The number of hydrogen-bond acceptors (Lipinski definition) is 3. The number of aryl methyl sites for hydroxylation is 3. The first-order valence-electron chi connectivity index (χ1n) is 9.96. The molecule has 3 aromatic rings. The summed E-state index contributed by atoms with van der Waals surface area (Å²) in [6.45, 7) is 4.92. The molecule has 0 aliphatic carbocycles. The van der Waals surface area contributed by atoms with Crippen molar-refractivity contribution in [2.45, 2.75) is 26.8 Å². The second kappa shape index (κ2) is 8.02. The predicted molar refractivity (Wildman–Crippen MR) is 117 cm³/mol. The van der Waals surface area contributed by atoms with Crippen LogP contribution in [0, 0.1) is 13.8 Å². The second-order valence-corrected chi connectivity index (χ2v) is 7.64. The molecule has 2 aromatic carbocycles. The van der Waals surface area contributed by atoms with Gasteiger partial charge in [0.2, 0.25) is 0 Å². The number of aromatic nitrogens is 2. The lowest BCUT2D eigenvalue weighted by Crippen LogP contribution is -2.39. The Kier molecular flexibility index (Phi) is 5.27. The van der Waals surface area contributed by atoms with E-state index >= 15 is 0 Å². The molecule has 0 spiro atoms. The molecule has 7 heteroatoms. The van der Waals surface area contributed by atoms with E-state index in [1.54, 1.807) is 9.58 Å². The summed E-state index contributed by atoms with van der Waals surface area (Å²) in [6, 6.07) is 15.0. The van der Waals surface area contributed by atoms with Crippen molar-refractivity contribution in [3.63, 3.8) is 0 Å². The molecule has 0 radical (unpaired) electrons. The molecule has 1 aliphatic heterocycles. The van der Waals surface area contributed by atoms with Crippen LogP contribution in [0.5, 0.6) is 0 Å². The third-order valence-corrected chi connectivity index (χ3v) is 5.40. The number of benzene rings is 2. The number of hydrogen-bond donors (Lipinski definition) is 2. The maximum Gasteiger partial charge on any atom is 0.322 e. The lowest BCUT2D eigenvalue weighted by Gasteiger charge is -2.28. The average Bonchev–Trinajstić information content (AvgIpc) is 3.07. The van der Waals surface area contributed by atoms with Gasteiger partial charge in [-0.05, 0) is 37.6 Å². The van der Waals surface area contributed by atoms with Crippen LogP contribution in [0.25, 0.3) is 0 Å². The number of urea groups is 1. The minimum absolute atomic E-state index is 0.175. The molecule has 30 heavy (non-hydrogen) atoms. The number of nitrogens with one attached hydrogen (secondary N) is 2. The van der Waals surface area contributed by atoms with Crippen molar-refractivity contribution in [3.05, 3.63) is 76.6 Å². The summed E-state index contributed by atoms with van der Waals surface area (Å²) in [4.78, 5) is 27.4. The fraction of sp³-hybridized carbons (Fsp3) is 0.261. The zero-order chi connectivity index (χ0) is 21.3. The highest BCUT2D eigenvalue weighted by Crippen LogP contribution is 2.24. The summed E-state index contributed by atoms with van der Waals surface area (Å²) >= 11 is 0. The van der Waals surface area contributed by atoms with E-state index in [2.05, 4.69) is 15.7 Å². The van der Waals surface area contributed by atoms with Crippen LogP contribution in [-0.2, 0) is 20.0 Å². The number of carbonyl (C=O) groups excluding carboxylic acids is 2. The molecule has 1 aromatic heterocycles. The molecular formula is C23H25N5O2. The SMILES string of the molecule is Cc1ccc(NC(=O)N2CCc3c(c(C(=O)Nc4ccccc4)nn3C)C2)c(C)c1. The molecule has 0 fully saturated rings. The Balaban J connectivity index is 1.52. The summed E-state index contributed by atoms with van der Waals surface area (Å²) in [5, 5.41) is 10.3. The van der Waals surface area contributed by atoms with E-state index in [9.17, 15) is 9.59 Å². The van der Waals surface area contributed by atoms with Gasteiger partial charge in [0.15, 0.2) is 5.69 Å². The monoisotopic (exact) mass is 403 g/mol. The molecule has 3 amide bonds. The number of fused-ring (bicyclic) bond motifs is 1. The van der Waals surface area contributed by atoms with Crippen LogP contribution in [0.3, 0.4) is 0 Å². The highest BCUT2D eigenvalue weighted by Gasteiger charge is 2.29. The van der Waals surface area contributed by atoms with Crippen molar-refractivity contribution in [2.75, 3.05) is 17.2 Å². The molecule has 0 bridgehead atoms. The van der Waals surface area contributed by atoms with Gasteiger partial charge >= 0.3 is 6.03 Å². The normalized spacial score (nSPS) is 13.0. The Bertz CT molecular complexity index is 1100. The Labute approximate surface area is 175 Å². The van der Waals surface area contributed by atoms with E-state index < -0.39 is 0 Å². The third kappa shape index (κ3) is 3.91. The van der Waals surface area contributed by atoms with Crippen LogP contribution in [0.15, 0.2) is 48.5 Å². The fourth-order valence-electron chi connectivity index (χ4n) is 3.81. The van der Waals surface area contributed by atoms with E-state index in [-0.39, 0.29) is 11.9 Å². The van der Waals surface area contributed by atoms with E-state index in [1.165, 1.54) is 0 Å². The number of carbonyl (C=O) groups is 2. The van der Waals surface area contributed by atoms with Crippen molar-refractivity contribution >= 4 is 23.3 Å². The van der Waals surface area contributed by atoms with Crippen LogP contribution in [0.1, 0.15) is 32.9 Å². The Morgan fingerprint density at radius 1 is 1.03 bits per heavy atom. The molecule has 2 heterocycles. The first-order chi connectivity index (χ1) is 14.4. The zero-order valence-electron chi connectivity index (χ0n) is 17.4. The van der Waals surface area contributed by atoms with Crippen LogP contribution in [-0.4, -0.2) is 33.2 Å². The molecule has 0 saturated carbocycles. The second-order valence-electron chi connectivity index (χ2n) is 7.64. The lowest BCUT2D eigenvalue weighted by atomic mass is 10.0. The van der Waals surface area contributed by atoms with Gasteiger partial charge in [-0.15, -0.1) is 0 Å². The topological polar surface area (TPSA) is 79.3 Å². The standard InChI is InChI=1S/C23H25N5O2/c1-15-9-10-19(16(2)13-15)25-23(30)28-12-11-20-18(14-28)21(26-27(20)3)22(29)24-17-7-5-4-6-8-17/h4-10,13H,11-12,14H2,1-3H3,(H,24,29)(H,25,30). The Hall–Kier alpha value is -3.61. The molecule has 7 nitrogen and oxygen atoms in total. The molecule has 0 unspecified atom stereocenters. The first-order valence-corrected chi connectivity index (χ1v) is 9.96. The molecule has 154 valence electrons. The van der Waals surface area contributed by atoms with Gasteiger partial charge in [0.1, 0.15) is 0 Å². The maximum atomic E-state index is 12.9. The van der Waals surface area contributed by atoms with Crippen LogP contribution < -0.4 is 10.6 Å². The van der Waals surface area contributed by atoms with Crippen LogP contribution in [0.2, 0.25) is 0 Å². The van der Waals surface area contributed by atoms with Gasteiger partial charge in [-0.25, -0.2) is 4.79 Å². The molecule has 0 atom stereocenters. The van der Waals surface area contributed by atoms with E-state index in [0.717, 1.165) is 28.1 Å². The third-order valence-electron chi connectivity index (χ3n) is 5.40. The molecule has 2 N–H and O–H groups in total. The number of amides is 3. The molecular weight excluding hydrogens is 378 g/mol. The van der Waals surface area contributed by atoms with Gasteiger partial charge in [0, 0.05) is 42.6 Å². The molecule has 1 aliphatic rings. The fourth-order valence-corrected chi connectivity index (χ4v) is 3.81. The van der Waals surface area contributed by atoms with Crippen molar-refractivity contribution in [1.29, 1.82) is 0 Å². The largest absolute Gasteiger partial charge is 0.322 e. The van der Waals surface area contributed by atoms with Gasteiger partial charge < -0.3 is 15.5 Å². The van der Waals surface area contributed by atoms with Crippen molar-refractivity contribution in [3.8, 4) is 0 Å². The van der Waals surface area contributed by atoms with Crippen molar-refractivity contribution < 1.29 is 9.59 Å². The highest BCUT2D eigenvalue weighted by molar-refractivity contribution is 6.04. The molecule has 4 rings (SSSR count). The Morgan fingerprint density at radius 2 is 1.80 bits per heavy atom. The summed E-state index contributed by atoms with van der Waals surface area (Å²) in [5.41, 5.74) is 5.83. The average molecular weight is 403 g/mol. The Morgan fingerprint density at radius 3 is 2.53 bits per heavy atom. The van der Waals surface area contributed by atoms with Crippen molar-refractivity contribution in [1.82, 2.24) is 14.7 Å². The van der Waals surface area contributed by atoms with Gasteiger partial charge in [0.05, 0.1) is 6.54 Å². The summed E-state index contributed by atoms with van der Waals surface area (Å²) in [5.74, 6) is -0.269. The highest BCUT2D eigenvalue weighted by atomic mass is 16.2. The summed E-state index contributed by atoms with van der Waals surface area (Å²) < 4.78 is 1.74.